The zero-order chi connectivity index (χ0) is 15.6. The Bertz CT molecular complexity index is 558. The third-order valence-electron chi connectivity index (χ3n) is 3.90. The molecule has 1 aliphatic carbocycles. The number of nitrogens with zero attached hydrogens (tertiary/aromatic N) is 2. The van der Waals surface area contributed by atoms with Crippen LogP contribution in [0.1, 0.15) is 31.2 Å². The van der Waals surface area contributed by atoms with Crippen molar-refractivity contribution in [1.29, 1.82) is 0 Å². The van der Waals surface area contributed by atoms with Gasteiger partial charge in [0.05, 0.1) is 3.79 Å². The molecule has 120 valence electrons. The highest BCUT2D eigenvalue weighted by molar-refractivity contribution is 9.11. The number of hydrogen-bond acceptors (Lipinski definition) is 4. The van der Waals surface area contributed by atoms with Crippen molar-refractivity contribution in [3.8, 4) is 0 Å². The molecule has 0 bridgehead atoms. The number of halogens is 1. The number of hydrogen-bond donors (Lipinski definition) is 0. The van der Waals surface area contributed by atoms with Gasteiger partial charge in [-0.2, -0.15) is 4.31 Å². The summed E-state index contributed by atoms with van der Waals surface area (Å²) in [6.07, 6.45) is 4.23. The van der Waals surface area contributed by atoms with Crippen LogP contribution in [0, 0.1) is 6.92 Å². The van der Waals surface area contributed by atoms with Gasteiger partial charge in [-0.1, -0.05) is 12.8 Å². The fourth-order valence-electron chi connectivity index (χ4n) is 2.66. The monoisotopic (exact) mass is 394 g/mol. The van der Waals surface area contributed by atoms with E-state index >= 15 is 0 Å². The maximum absolute atomic E-state index is 13.0. The van der Waals surface area contributed by atoms with Gasteiger partial charge in [-0.15, -0.1) is 11.3 Å². The molecule has 0 saturated heterocycles. The summed E-state index contributed by atoms with van der Waals surface area (Å²) in [6.45, 7) is 3.25. The summed E-state index contributed by atoms with van der Waals surface area (Å²) in [5.74, 6) is 0. The lowest BCUT2D eigenvalue weighted by atomic mass is 10.2. The maximum Gasteiger partial charge on any atom is 0.252 e. The smallest absolute Gasteiger partial charge is 0.252 e. The van der Waals surface area contributed by atoms with E-state index in [0.717, 1.165) is 41.6 Å². The number of thiophene rings is 1. The average Bonchev–Trinajstić information content (AvgIpc) is 3.01. The minimum Gasteiger partial charge on any atom is -0.308 e. The molecule has 1 fully saturated rings. The van der Waals surface area contributed by atoms with Crippen LogP contribution in [0.25, 0.3) is 0 Å². The normalized spacial score (nSPS) is 17.2. The van der Waals surface area contributed by atoms with E-state index in [2.05, 4.69) is 15.9 Å². The molecule has 1 aliphatic rings. The van der Waals surface area contributed by atoms with Gasteiger partial charge in [-0.05, 0) is 61.4 Å². The van der Waals surface area contributed by atoms with Crippen molar-refractivity contribution < 1.29 is 8.42 Å². The fraction of sp³-hybridized carbons (Fsp3) is 0.714. The molecule has 0 atom stereocenters. The van der Waals surface area contributed by atoms with Crippen molar-refractivity contribution in [3.63, 3.8) is 0 Å². The molecule has 0 amide bonds. The highest BCUT2D eigenvalue weighted by Gasteiger charge is 2.34. The fourth-order valence-corrected chi connectivity index (χ4v) is 6.70. The standard InChI is InChI=1S/C14H23BrN2O2S2/c1-11-10-13(20-14(11)15)21(18,19)17(9-8-16(2)3)12-6-4-5-7-12/h10,12H,4-9H2,1-3H3. The van der Waals surface area contributed by atoms with Crippen LogP contribution in [0.4, 0.5) is 0 Å². The Labute approximate surface area is 140 Å². The van der Waals surface area contributed by atoms with Gasteiger partial charge in [0.15, 0.2) is 0 Å². The Morgan fingerprint density at radius 3 is 2.38 bits per heavy atom. The van der Waals surface area contributed by atoms with Gasteiger partial charge < -0.3 is 4.90 Å². The zero-order valence-electron chi connectivity index (χ0n) is 12.8. The van der Waals surface area contributed by atoms with Crippen LogP contribution in [0.2, 0.25) is 0 Å². The van der Waals surface area contributed by atoms with Gasteiger partial charge >= 0.3 is 0 Å². The van der Waals surface area contributed by atoms with Crippen LogP contribution in [0.3, 0.4) is 0 Å². The van der Waals surface area contributed by atoms with Gasteiger partial charge in [0, 0.05) is 19.1 Å². The average molecular weight is 395 g/mol. The SMILES string of the molecule is Cc1cc(S(=O)(=O)N(CCN(C)C)C2CCCC2)sc1Br. The molecule has 1 aromatic heterocycles. The van der Waals surface area contributed by atoms with E-state index in [1.54, 1.807) is 10.4 Å². The first-order valence-corrected chi connectivity index (χ1v) is 10.3. The molecule has 0 aliphatic heterocycles. The molecule has 0 aromatic carbocycles. The first kappa shape index (κ1) is 17.4. The van der Waals surface area contributed by atoms with Gasteiger partial charge in [-0.25, -0.2) is 8.42 Å². The number of likely N-dealkylation sites (N-methyl/N-ethyl adjacent to an activating group) is 1. The summed E-state index contributed by atoms with van der Waals surface area (Å²) < 4.78 is 29.1. The second-order valence-electron chi connectivity index (χ2n) is 5.88. The molecule has 4 nitrogen and oxygen atoms in total. The molecule has 1 aromatic rings. The highest BCUT2D eigenvalue weighted by atomic mass is 79.9. The molecule has 1 saturated carbocycles. The van der Waals surface area contributed by atoms with E-state index in [1.807, 2.05) is 25.9 Å². The summed E-state index contributed by atoms with van der Waals surface area (Å²) in [5.41, 5.74) is 0.984. The zero-order valence-corrected chi connectivity index (χ0v) is 16.0. The Morgan fingerprint density at radius 1 is 1.29 bits per heavy atom. The molecule has 7 heteroatoms. The van der Waals surface area contributed by atoms with E-state index < -0.39 is 10.0 Å². The maximum atomic E-state index is 13.0. The van der Waals surface area contributed by atoms with Crippen LogP contribution in [-0.2, 0) is 10.0 Å². The largest absolute Gasteiger partial charge is 0.308 e. The van der Waals surface area contributed by atoms with Gasteiger partial charge in [0.2, 0.25) is 0 Å². The predicted molar refractivity (Wildman–Crippen MR) is 91.5 cm³/mol. The van der Waals surface area contributed by atoms with Crippen molar-refractivity contribution in [2.24, 2.45) is 0 Å². The Balaban J connectivity index is 2.28. The van der Waals surface area contributed by atoms with Crippen LogP contribution < -0.4 is 0 Å². The van der Waals surface area contributed by atoms with E-state index in [1.165, 1.54) is 11.3 Å². The molecule has 0 N–H and O–H groups in total. The van der Waals surface area contributed by atoms with E-state index in [0.29, 0.717) is 10.8 Å². The number of rotatable bonds is 6. The minimum absolute atomic E-state index is 0.163. The van der Waals surface area contributed by atoms with E-state index in [4.69, 9.17) is 0 Å². The first-order chi connectivity index (χ1) is 9.82. The van der Waals surface area contributed by atoms with Crippen molar-refractivity contribution >= 4 is 37.3 Å². The van der Waals surface area contributed by atoms with E-state index in [-0.39, 0.29) is 6.04 Å². The Morgan fingerprint density at radius 2 is 1.90 bits per heavy atom. The summed E-state index contributed by atoms with van der Waals surface area (Å²) in [7, 11) is 0.568. The second kappa shape index (κ2) is 7.08. The lowest BCUT2D eigenvalue weighted by Gasteiger charge is -2.28. The summed E-state index contributed by atoms with van der Waals surface area (Å²) >= 11 is 4.75. The van der Waals surface area contributed by atoms with Crippen molar-refractivity contribution in [1.82, 2.24) is 9.21 Å². The van der Waals surface area contributed by atoms with Crippen LogP contribution >= 0.6 is 27.3 Å². The lowest BCUT2D eigenvalue weighted by Crippen LogP contribution is -2.42. The van der Waals surface area contributed by atoms with Gasteiger partial charge in [0.25, 0.3) is 10.0 Å². The van der Waals surface area contributed by atoms with Crippen molar-refractivity contribution in [3.05, 3.63) is 15.4 Å². The van der Waals surface area contributed by atoms with Crippen LogP contribution in [0.5, 0.6) is 0 Å². The molecular weight excluding hydrogens is 372 g/mol. The molecular formula is C14H23BrN2O2S2. The van der Waals surface area contributed by atoms with Crippen LogP contribution in [-0.4, -0.2) is 50.8 Å². The quantitative estimate of drug-likeness (QED) is 0.742. The molecule has 2 rings (SSSR count). The third-order valence-corrected chi connectivity index (χ3v) is 8.43. The topological polar surface area (TPSA) is 40.6 Å². The number of sulfonamides is 1. The molecule has 21 heavy (non-hydrogen) atoms. The van der Waals surface area contributed by atoms with Gasteiger partial charge in [-0.3, -0.25) is 0 Å². The minimum atomic E-state index is -3.39. The molecule has 0 unspecified atom stereocenters. The first-order valence-electron chi connectivity index (χ1n) is 7.25. The summed E-state index contributed by atoms with van der Waals surface area (Å²) in [5, 5.41) is 0. The van der Waals surface area contributed by atoms with Crippen LogP contribution in [0.15, 0.2) is 14.1 Å². The molecule has 1 heterocycles. The molecule has 0 spiro atoms. The van der Waals surface area contributed by atoms with Crippen molar-refractivity contribution in [2.75, 3.05) is 27.2 Å². The Hall–Kier alpha value is 0.0500. The Kier molecular flexibility index (Phi) is 5.87. The lowest BCUT2D eigenvalue weighted by molar-refractivity contribution is 0.282. The van der Waals surface area contributed by atoms with Gasteiger partial charge in [0.1, 0.15) is 4.21 Å². The highest BCUT2D eigenvalue weighted by Crippen LogP contribution is 2.35. The summed E-state index contributed by atoms with van der Waals surface area (Å²) in [6, 6.07) is 1.94. The second-order valence-corrected chi connectivity index (χ2v) is 10.4. The third kappa shape index (κ3) is 4.07. The molecule has 0 radical (unpaired) electrons. The number of aryl methyl sites for hydroxylation is 1. The predicted octanol–water partition coefficient (Wildman–Crippen LogP) is 3.31. The van der Waals surface area contributed by atoms with E-state index in [9.17, 15) is 8.42 Å². The summed E-state index contributed by atoms with van der Waals surface area (Å²) in [4.78, 5) is 2.03. The van der Waals surface area contributed by atoms with Crippen molar-refractivity contribution in [2.45, 2.75) is 42.9 Å².